The maximum atomic E-state index is 11.7. The van der Waals surface area contributed by atoms with E-state index in [0.717, 1.165) is 17.0 Å². The Kier molecular flexibility index (Phi) is 6.30. The molecule has 134 valence electrons. The number of nitrogens with zero attached hydrogens (tertiary/aromatic N) is 3. The first-order valence-electron chi connectivity index (χ1n) is 7.66. The number of hydrogen-bond donors (Lipinski definition) is 2. The Labute approximate surface area is 147 Å². The van der Waals surface area contributed by atoms with Crippen LogP contribution in [0, 0.1) is 13.8 Å². The van der Waals surface area contributed by atoms with Crippen molar-refractivity contribution in [2.45, 2.75) is 26.3 Å². The van der Waals surface area contributed by atoms with Crippen molar-refractivity contribution in [3.8, 4) is 0 Å². The largest absolute Gasteiger partial charge is 0.383 e. The summed E-state index contributed by atoms with van der Waals surface area (Å²) in [5.41, 5.74) is 5.31. The zero-order chi connectivity index (χ0) is 17.7. The quantitative estimate of drug-likeness (QED) is 0.320. The highest BCUT2D eigenvalue weighted by atomic mass is 32.2. The summed E-state index contributed by atoms with van der Waals surface area (Å²) in [4.78, 5) is 0. The molecule has 24 heavy (non-hydrogen) atoms. The monoisotopic (exact) mass is 373 g/mol. The normalized spacial score (nSPS) is 19.7. The van der Waals surface area contributed by atoms with Crippen LogP contribution in [0.3, 0.4) is 0 Å². The Balaban J connectivity index is 2.01. The number of thiocarbonyl (C=S) groups is 1. The van der Waals surface area contributed by atoms with E-state index in [0.29, 0.717) is 24.7 Å². The molecule has 0 aromatic carbocycles. The fourth-order valence-electron chi connectivity index (χ4n) is 2.65. The Morgan fingerprint density at radius 2 is 2.29 bits per heavy atom. The second kappa shape index (κ2) is 8.04. The van der Waals surface area contributed by atoms with Gasteiger partial charge in [0.05, 0.1) is 36.1 Å². The summed E-state index contributed by atoms with van der Waals surface area (Å²) in [7, 11) is -1.33. The van der Waals surface area contributed by atoms with Crippen molar-refractivity contribution in [1.29, 1.82) is 0 Å². The topological polar surface area (TPSA) is 97.6 Å². The first kappa shape index (κ1) is 18.8. The molecule has 2 rings (SSSR count). The predicted octanol–water partition coefficient (Wildman–Crippen LogP) is 0.304. The van der Waals surface area contributed by atoms with Gasteiger partial charge in [0.25, 0.3) is 0 Å². The Morgan fingerprint density at radius 3 is 2.92 bits per heavy atom. The van der Waals surface area contributed by atoms with Crippen molar-refractivity contribution in [1.82, 2.24) is 20.5 Å². The molecule has 1 aromatic rings. The van der Waals surface area contributed by atoms with Gasteiger partial charge in [-0.15, -0.1) is 0 Å². The molecule has 0 bridgehead atoms. The van der Waals surface area contributed by atoms with E-state index in [9.17, 15) is 8.42 Å². The molecule has 1 aromatic heterocycles. The number of aryl methyl sites for hydroxylation is 1. The predicted molar refractivity (Wildman–Crippen MR) is 97.2 cm³/mol. The molecular weight excluding hydrogens is 350 g/mol. The summed E-state index contributed by atoms with van der Waals surface area (Å²) in [6.07, 6.45) is 2.26. The molecule has 1 atom stereocenters. The summed E-state index contributed by atoms with van der Waals surface area (Å²) in [6.45, 7) is 4.95. The third-order valence-corrected chi connectivity index (χ3v) is 5.87. The van der Waals surface area contributed by atoms with Crippen LogP contribution in [0.5, 0.6) is 0 Å². The van der Waals surface area contributed by atoms with Crippen molar-refractivity contribution < 1.29 is 13.2 Å². The molecule has 0 aliphatic carbocycles. The number of methoxy groups -OCH3 is 1. The molecule has 10 heteroatoms. The molecule has 2 N–H and O–H groups in total. The minimum Gasteiger partial charge on any atom is -0.383 e. The molecule has 0 radical (unpaired) electrons. The van der Waals surface area contributed by atoms with E-state index >= 15 is 0 Å². The van der Waals surface area contributed by atoms with Crippen LogP contribution in [0.15, 0.2) is 5.10 Å². The lowest BCUT2D eigenvalue weighted by molar-refractivity contribution is 0.204. The first-order chi connectivity index (χ1) is 11.3. The Morgan fingerprint density at radius 1 is 1.54 bits per heavy atom. The molecule has 1 saturated heterocycles. The maximum absolute atomic E-state index is 11.7. The van der Waals surface area contributed by atoms with Gasteiger partial charge < -0.3 is 10.1 Å². The van der Waals surface area contributed by atoms with E-state index in [2.05, 4.69) is 20.9 Å². The van der Waals surface area contributed by atoms with Crippen molar-refractivity contribution in [2.24, 2.45) is 5.10 Å². The molecule has 1 fully saturated rings. The molecule has 2 heterocycles. The summed E-state index contributed by atoms with van der Waals surface area (Å²) in [5.74, 6) is 0.375. The van der Waals surface area contributed by atoms with Gasteiger partial charge in [-0.25, -0.2) is 8.42 Å². The average molecular weight is 374 g/mol. The van der Waals surface area contributed by atoms with Gasteiger partial charge in [-0.05, 0) is 32.5 Å². The van der Waals surface area contributed by atoms with Gasteiger partial charge in [0.2, 0.25) is 0 Å². The lowest BCUT2D eigenvalue weighted by atomic mass is 10.2. The summed E-state index contributed by atoms with van der Waals surface area (Å²) >= 11 is 5.09. The second-order valence-electron chi connectivity index (χ2n) is 5.70. The highest BCUT2D eigenvalue weighted by Gasteiger charge is 2.31. The summed E-state index contributed by atoms with van der Waals surface area (Å²) in [6, 6.07) is -0.0967. The van der Waals surface area contributed by atoms with Gasteiger partial charge in [0, 0.05) is 24.9 Å². The zero-order valence-corrected chi connectivity index (χ0v) is 15.7. The first-order valence-corrected chi connectivity index (χ1v) is 9.89. The van der Waals surface area contributed by atoms with E-state index in [1.54, 1.807) is 18.0 Å². The number of sulfone groups is 1. The minimum absolute atomic E-state index is 0.0967. The molecule has 1 aliphatic heterocycles. The number of rotatable bonds is 6. The molecule has 0 amide bonds. The van der Waals surface area contributed by atoms with Crippen LogP contribution in [0.2, 0.25) is 0 Å². The van der Waals surface area contributed by atoms with Crippen molar-refractivity contribution in [3.05, 3.63) is 17.0 Å². The zero-order valence-electron chi connectivity index (χ0n) is 14.1. The highest BCUT2D eigenvalue weighted by Crippen LogP contribution is 2.26. The number of aromatic nitrogens is 2. The van der Waals surface area contributed by atoms with Crippen LogP contribution in [-0.4, -0.2) is 61.3 Å². The van der Waals surface area contributed by atoms with Crippen molar-refractivity contribution in [2.75, 3.05) is 31.8 Å². The number of ether oxygens (including phenoxy) is 1. The minimum atomic E-state index is -2.95. The van der Waals surface area contributed by atoms with Gasteiger partial charge in [-0.3, -0.25) is 10.1 Å². The summed E-state index contributed by atoms with van der Waals surface area (Å²) in [5, 5.41) is 12.0. The average Bonchev–Trinajstić information content (AvgIpc) is 3.01. The highest BCUT2D eigenvalue weighted by molar-refractivity contribution is 7.91. The van der Waals surface area contributed by atoms with Gasteiger partial charge in [0.15, 0.2) is 14.9 Å². The van der Waals surface area contributed by atoms with Crippen LogP contribution in [0.4, 0.5) is 0 Å². The number of hydrazone groups is 1. The van der Waals surface area contributed by atoms with E-state index in [4.69, 9.17) is 17.0 Å². The van der Waals surface area contributed by atoms with Crippen LogP contribution < -0.4 is 10.7 Å². The third-order valence-electron chi connectivity index (χ3n) is 3.89. The van der Waals surface area contributed by atoms with Crippen LogP contribution in [0.1, 0.15) is 29.4 Å². The van der Waals surface area contributed by atoms with E-state index in [-0.39, 0.29) is 17.5 Å². The Hall–Kier alpha value is -1.52. The molecule has 0 spiro atoms. The molecular formula is C14H23N5O3S2. The third kappa shape index (κ3) is 4.74. The summed E-state index contributed by atoms with van der Waals surface area (Å²) < 4.78 is 30.1. The molecule has 0 unspecified atom stereocenters. The SMILES string of the molecule is COCCNC(=S)N/N=C\c1c(C)nn([C@H]2CCS(=O)(=O)C2)c1C. The smallest absolute Gasteiger partial charge is 0.187 e. The van der Waals surface area contributed by atoms with Gasteiger partial charge in [0.1, 0.15) is 0 Å². The standard InChI is InChI=1S/C14H23N5O3S2/c1-10-13(8-16-17-14(23)15-5-6-22-3)11(2)19(18-10)12-4-7-24(20,21)9-12/h8,12H,4-7,9H2,1-3H3,(H2,15,17,23)/b16-8-/t12-/m0/s1. The maximum Gasteiger partial charge on any atom is 0.187 e. The van der Waals surface area contributed by atoms with E-state index in [1.165, 1.54) is 0 Å². The fraction of sp³-hybridized carbons (Fsp3) is 0.643. The van der Waals surface area contributed by atoms with Crippen LogP contribution in [0.25, 0.3) is 0 Å². The lowest BCUT2D eigenvalue weighted by Crippen LogP contribution is -2.34. The van der Waals surface area contributed by atoms with Crippen LogP contribution >= 0.6 is 12.2 Å². The van der Waals surface area contributed by atoms with Gasteiger partial charge >= 0.3 is 0 Å². The lowest BCUT2D eigenvalue weighted by Gasteiger charge is -2.10. The van der Waals surface area contributed by atoms with E-state index < -0.39 is 9.84 Å². The van der Waals surface area contributed by atoms with Crippen molar-refractivity contribution >= 4 is 33.4 Å². The fourth-order valence-corrected chi connectivity index (χ4v) is 4.49. The van der Waals surface area contributed by atoms with E-state index in [1.807, 2.05) is 13.8 Å². The molecule has 1 aliphatic rings. The Bertz CT molecular complexity index is 727. The van der Waals surface area contributed by atoms with Gasteiger partial charge in [-0.1, -0.05) is 0 Å². The number of nitrogens with one attached hydrogen (secondary N) is 2. The second-order valence-corrected chi connectivity index (χ2v) is 8.34. The molecule has 0 saturated carbocycles. The molecule has 8 nitrogen and oxygen atoms in total. The van der Waals surface area contributed by atoms with Crippen LogP contribution in [-0.2, 0) is 14.6 Å². The van der Waals surface area contributed by atoms with Gasteiger partial charge in [-0.2, -0.15) is 10.2 Å². The number of hydrogen-bond acceptors (Lipinski definition) is 6. The van der Waals surface area contributed by atoms with Crippen molar-refractivity contribution in [3.63, 3.8) is 0 Å².